The zero-order valence-corrected chi connectivity index (χ0v) is 11.1. The molecule has 4 nitrogen and oxygen atoms in total. The third-order valence-corrected chi connectivity index (χ3v) is 2.79. The summed E-state index contributed by atoms with van der Waals surface area (Å²) in [5.74, 6) is -0.623. The standard InChI is InChI=1S/C14H16FNO3/c1-14(2,3)19-13(18)16-11(8-12(16)17)9-4-6-10(15)7-5-9/h4-7,11H,8H2,1-3H3. The molecule has 0 aromatic heterocycles. The number of ether oxygens (including phenoxy) is 1. The summed E-state index contributed by atoms with van der Waals surface area (Å²) < 4.78 is 18.0. The number of carbonyl (C=O) groups excluding carboxylic acids is 2. The maximum atomic E-state index is 12.9. The van der Waals surface area contributed by atoms with Gasteiger partial charge in [0.25, 0.3) is 0 Å². The lowest BCUT2D eigenvalue weighted by atomic mass is 9.94. The molecule has 0 spiro atoms. The number of halogens is 1. The molecule has 1 aromatic carbocycles. The van der Waals surface area contributed by atoms with Crippen LogP contribution < -0.4 is 0 Å². The van der Waals surface area contributed by atoms with Crippen molar-refractivity contribution in [3.8, 4) is 0 Å². The molecule has 1 unspecified atom stereocenters. The Labute approximate surface area is 111 Å². The summed E-state index contributed by atoms with van der Waals surface area (Å²) in [5.41, 5.74) is 0.0761. The van der Waals surface area contributed by atoms with E-state index in [9.17, 15) is 14.0 Å². The molecule has 1 heterocycles. The number of likely N-dealkylation sites (tertiary alicyclic amines) is 1. The van der Waals surface area contributed by atoms with Gasteiger partial charge in [-0.2, -0.15) is 0 Å². The molecule has 0 N–H and O–H groups in total. The molecule has 0 radical (unpaired) electrons. The predicted molar refractivity (Wildman–Crippen MR) is 66.8 cm³/mol. The maximum Gasteiger partial charge on any atom is 0.417 e. The van der Waals surface area contributed by atoms with Crippen molar-refractivity contribution in [3.63, 3.8) is 0 Å². The van der Waals surface area contributed by atoms with Gasteiger partial charge in [0.1, 0.15) is 11.4 Å². The van der Waals surface area contributed by atoms with Gasteiger partial charge in [0.2, 0.25) is 5.91 Å². The number of amides is 2. The van der Waals surface area contributed by atoms with E-state index in [4.69, 9.17) is 4.74 Å². The van der Waals surface area contributed by atoms with Gasteiger partial charge >= 0.3 is 6.09 Å². The molecule has 1 aromatic rings. The highest BCUT2D eigenvalue weighted by molar-refractivity contribution is 5.98. The minimum Gasteiger partial charge on any atom is -0.443 e. The zero-order valence-electron chi connectivity index (χ0n) is 11.1. The fourth-order valence-corrected chi connectivity index (χ4v) is 1.91. The number of nitrogens with zero attached hydrogens (tertiary/aromatic N) is 1. The molecule has 0 saturated carbocycles. The quantitative estimate of drug-likeness (QED) is 0.733. The first-order valence-electron chi connectivity index (χ1n) is 6.08. The van der Waals surface area contributed by atoms with Crippen LogP contribution in [0.4, 0.5) is 9.18 Å². The van der Waals surface area contributed by atoms with Gasteiger partial charge in [-0.05, 0) is 38.5 Å². The highest BCUT2D eigenvalue weighted by atomic mass is 19.1. The lowest BCUT2D eigenvalue weighted by molar-refractivity contribution is -0.144. The van der Waals surface area contributed by atoms with E-state index in [2.05, 4.69) is 0 Å². The molecular formula is C14H16FNO3. The Hall–Kier alpha value is -1.91. The Bertz CT molecular complexity index is 504. The van der Waals surface area contributed by atoms with Crippen molar-refractivity contribution in [1.82, 2.24) is 4.90 Å². The van der Waals surface area contributed by atoms with Crippen molar-refractivity contribution in [1.29, 1.82) is 0 Å². The first-order valence-corrected chi connectivity index (χ1v) is 6.08. The van der Waals surface area contributed by atoms with Gasteiger partial charge in [0.15, 0.2) is 0 Å². The molecule has 2 amide bonds. The lowest BCUT2D eigenvalue weighted by Gasteiger charge is -2.39. The van der Waals surface area contributed by atoms with Crippen molar-refractivity contribution in [2.45, 2.75) is 38.8 Å². The molecular weight excluding hydrogens is 249 g/mol. The highest BCUT2D eigenvalue weighted by Gasteiger charge is 2.43. The number of β-lactam (4-membered cyclic amide) rings is 1. The highest BCUT2D eigenvalue weighted by Crippen LogP contribution is 2.35. The smallest absolute Gasteiger partial charge is 0.417 e. The lowest BCUT2D eigenvalue weighted by Crippen LogP contribution is -2.51. The van der Waals surface area contributed by atoms with E-state index in [1.165, 1.54) is 12.1 Å². The second-order valence-corrected chi connectivity index (χ2v) is 5.52. The van der Waals surface area contributed by atoms with Crippen LogP contribution in [-0.4, -0.2) is 22.5 Å². The number of rotatable bonds is 1. The number of imide groups is 1. The Kier molecular flexibility index (Phi) is 3.30. The van der Waals surface area contributed by atoms with Crippen LogP contribution >= 0.6 is 0 Å². The molecule has 5 heteroatoms. The second kappa shape index (κ2) is 4.64. The van der Waals surface area contributed by atoms with Gasteiger partial charge < -0.3 is 4.74 Å². The molecule has 102 valence electrons. The maximum absolute atomic E-state index is 12.9. The van der Waals surface area contributed by atoms with Crippen LogP contribution in [-0.2, 0) is 9.53 Å². The van der Waals surface area contributed by atoms with Crippen molar-refractivity contribution < 1.29 is 18.7 Å². The Balaban J connectivity index is 2.13. The monoisotopic (exact) mass is 265 g/mol. The Morgan fingerprint density at radius 2 is 1.89 bits per heavy atom. The Morgan fingerprint density at radius 1 is 1.32 bits per heavy atom. The van der Waals surface area contributed by atoms with Gasteiger partial charge in [-0.3, -0.25) is 4.79 Å². The number of benzene rings is 1. The molecule has 1 aliphatic rings. The molecule has 1 aliphatic heterocycles. The van der Waals surface area contributed by atoms with Gasteiger partial charge in [-0.1, -0.05) is 12.1 Å². The summed E-state index contributed by atoms with van der Waals surface area (Å²) in [6.45, 7) is 5.21. The van der Waals surface area contributed by atoms with Crippen molar-refractivity contribution in [2.24, 2.45) is 0 Å². The summed E-state index contributed by atoms with van der Waals surface area (Å²) in [6.07, 6.45) is -0.414. The van der Waals surface area contributed by atoms with E-state index in [0.29, 0.717) is 0 Å². The van der Waals surface area contributed by atoms with Crippen LogP contribution in [0.5, 0.6) is 0 Å². The van der Waals surface area contributed by atoms with Gasteiger partial charge in [-0.15, -0.1) is 0 Å². The van der Waals surface area contributed by atoms with Crippen LogP contribution in [0.2, 0.25) is 0 Å². The number of carbonyl (C=O) groups is 2. The predicted octanol–water partition coefficient (Wildman–Crippen LogP) is 3.03. The zero-order chi connectivity index (χ0) is 14.2. The molecule has 19 heavy (non-hydrogen) atoms. The summed E-state index contributed by atoms with van der Waals surface area (Å²) in [7, 11) is 0. The molecule has 1 fully saturated rings. The largest absolute Gasteiger partial charge is 0.443 e. The van der Waals surface area contributed by atoms with E-state index in [1.807, 2.05) is 0 Å². The van der Waals surface area contributed by atoms with E-state index in [1.54, 1.807) is 32.9 Å². The minimum atomic E-state index is -0.655. The molecule has 0 aliphatic carbocycles. The average molecular weight is 265 g/mol. The SMILES string of the molecule is CC(C)(C)OC(=O)N1C(=O)CC1c1ccc(F)cc1. The fourth-order valence-electron chi connectivity index (χ4n) is 1.91. The first kappa shape index (κ1) is 13.5. The van der Waals surface area contributed by atoms with E-state index in [0.717, 1.165) is 10.5 Å². The second-order valence-electron chi connectivity index (χ2n) is 5.52. The van der Waals surface area contributed by atoms with E-state index >= 15 is 0 Å². The molecule has 1 saturated heterocycles. The van der Waals surface area contributed by atoms with Crippen LogP contribution in [0.1, 0.15) is 38.8 Å². The molecule has 1 atom stereocenters. The Morgan fingerprint density at radius 3 is 2.37 bits per heavy atom. The topological polar surface area (TPSA) is 46.6 Å². The minimum absolute atomic E-state index is 0.241. The van der Waals surface area contributed by atoms with E-state index in [-0.39, 0.29) is 24.2 Å². The number of hydrogen-bond donors (Lipinski definition) is 0. The van der Waals surface area contributed by atoms with Crippen molar-refractivity contribution >= 4 is 12.0 Å². The van der Waals surface area contributed by atoms with Crippen LogP contribution in [0.25, 0.3) is 0 Å². The normalized spacial score (nSPS) is 19.1. The third kappa shape index (κ3) is 2.92. The van der Waals surface area contributed by atoms with Crippen molar-refractivity contribution in [3.05, 3.63) is 35.6 Å². The van der Waals surface area contributed by atoms with Gasteiger partial charge in [0.05, 0.1) is 12.5 Å². The fraction of sp³-hybridized carbons (Fsp3) is 0.429. The average Bonchev–Trinajstić information content (AvgIpc) is 2.24. The number of hydrogen-bond acceptors (Lipinski definition) is 3. The molecule has 0 bridgehead atoms. The van der Waals surface area contributed by atoms with Crippen LogP contribution in [0, 0.1) is 5.82 Å². The first-order chi connectivity index (χ1) is 8.78. The van der Waals surface area contributed by atoms with Crippen LogP contribution in [0.15, 0.2) is 24.3 Å². The summed E-state index contributed by atoms with van der Waals surface area (Å²) in [4.78, 5) is 24.6. The summed E-state index contributed by atoms with van der Waals surface area (Å²) in [5, 5.41) is 0. The van der Waals surface area contributed by atoms with Crippen molar-refractivity contribution in [2.75, 3.05) is 0 Å². The van der Waals surface area contributed by atoms with Crippen LogP contribution in [0.3, 0.4) is 0 Å². The third-order valence-electron chi connectivity index (χ3n) is 2.79. The molecule has 2 rings (SSSR count). The van der Waals surface area contributed by atoms with Gasteiger partial charge in [0, 0.05) is 0 Å². The summed E-state index contributed by atoms with van der Waals surface area (Å²) >= 11 is 0. The summed E-state index contributed by atoms with van der Waals surface area (Å²) in [6, 6.07) is 5.41. The van der Waals surface area contributed by atoms with Gasteiger partial charge in [-0.25, -0.2) is 14.1 Å². The van der Waals surface area contributed by atoms with E-state index < -0.39 is 11.7 Å².